The number of amides is 1. The Kier molecular flexibility index (Phi) is 6.88. The van der Waals surface area contributed by atoms with Gasteiger partial charge in [-0.2, -0.15) is 0 Å². The quantitative estimate of drug-likeness (QED) is 0.458. The fourth-order valence-corrected chi connectivity index (χ4v) is 5.27. The molecule has 0 bridgehead atoms. The number of carboxylic acids is 1. The number of aliphatic carboxylic acids is 1. The zero-order valence-corrected chi connectivity index (χ0v) is 20.1. The summed E-state index contributed by atoms with van der Waals surface area (Å²) in [4.78, 5) is 38.7. The van der Waals surface area contributed by atoms with Gasteiger partial charge in [0.1, 0.15) is 10.6 Å². The Hall–Kier alpha value is -2.93. The van der Waals surface area contributed by atoms with Crippen LogP contribution in [0.25, 0.3) is 11.1 Å². The highest BCUT2D eigenvalue weighted by molar-refractivity contribution is 7.17. The Morgan fingerprint density at radius 3 is 2.19 bits per heavy atom. The van der Waals surface area contributed by atoms with E-state index in [9.17, 15) is 19.5 Å². The van der Waals surface area contributed by atoms with Crippen LogP contribution in [0.1, 0.15) is 53.1 Å². The van der Waals surface area contributed by atoms with E-state index in [4.69, 9.17) is 4.74 Å². The molecular weight excluding hydrogens is 426 g/mol. The first kappa shape index (κ1) is 23.7. The molecule has 0 aliphatic heterocycles. The minimum absolute atomic E-state index is 0.303. The Morgan fingerprint density at radius 2 is 1.62 bits per heavy atom. The fraction of sp³-hybridized carbons (Fsp3) is 0.400. The van der Waals surface area contributed by atoms with Crippen molar-refractivity contribution in [3.05, 3.63) is 50.9 Å². The standard InChI is InChI=1S/C25H29NO5S/c1-12-7-8-17(9-13(12)2)20-16(5)32-23(21(20)25(30)31-6)26-22(27)18-10-14(3)15(4)11-19(18)24(28)29/h7-9,18-19H,10-11H2,1-6H3,(H,26,27)(H,28,29)/t18-,19-/m0/s1. The van der Waals surface area contributed by atoms with E-state index in [0.29, 0.717) is 23.4 Å². The third-order valence-electron chi connectivity index (χ3n) is 6.43. The average molecular weight is 456 g/mol. The summed E-state index contributed by atoms with van der Waals surface area (Å²) in [5.74, 6) is -3.40. The normalized spacial score (nSPS) is 18.4. The van der Waals surface area contributed by atoms with Gasteiger partial charge in [0.2, 0.25) is 5.91 Å². The van der Waals surface area contributed by atoms with Crippen molar-refractivity contribution in [1.82, 2.24) is 0 Å². The lowest BCUT2D eigenvalue weighted by Gasteiger charge is -2.29. The number of carbonyl (C=O) groups is 3. The van der Waals surface area contributed by atoms with E-state index in [2.05, 4.69) is 5.32 Å². The van der Waals surface area contributed by atoms with Crippen LogP contribution in [0.15, 0.2) is 29.3 Å². The summed E-state index contributed by atoms with van der Waals surface area (Å²) in [6.45, 7) is 9.77. The van der Waals surface area contributed by atoms with Gasteiger partial charge in [0, 0.05) is 10.4 Å². The van der Waals surface area contributed by atoms with Crippen LogP contribution in [-0.4, -0.2) is 30.1 Å². The highest BCUT2D eigenvalue weighted by Gasteiger charge is 2.38. The van der Waals surface area contributed by atoms with E-state index in [1.54, 1.807) is 0 Å². The molecule has 2 aromatic rings. The van der Waals surface area contributed by atoms with Crippen molar-refractivity contribution in [2.75, 3.05) is 12.4 Å². The van der Waals surface area contributed by atoms with Gasteiger partial charge in [-0.15, -0.1) is 11.3 Å². The average Bonchev–Trinajstić information content (AvgIpc) is 3.06. The second kappa shape index (κ2) is 9.28. The summed E-state index contributed by atoms with van der Waals surface area (Å²) in [5, 5.41) is 12.9. The molecule has 1 heterocycles. The number of carboxylic acid groups (broad SMARTS) is 1. The summed E-state index contributed by atoms with van der Waals surface area (Å²) in [6, 6.07) is 5.97. The molecule has 0 unspecified atom stereocenters. The van der Waals surface area contributed by atoms with Gasteiger partial charge in [-0.3, -0.25) is 9.59 Å². The lowest BCUT2D eigenvalue weighted by atomic mass is 9.76. The molecule has 170 valence electrons. The van der Waals surface area contributed by atoms with Gasteiger partial charge >= 0.3 is 11.9 Å². The van der Waals surface area contributed by atoms with Crippen molar-refractivity contribution in [2.45, 2.75) is 47.5 Å². The predicted molar refractivity (Wildman–Crippen MR) is 126 cm³/mol. The molecule has 1 aromatic carbocycles. The Balaban J connectivity index is 2.03. The molecule has 0 saturated carbocycles. The van der Waals surface area contributed by atoms with E-state index < -0.39 is 23.8 Å². The number of allylic oxidation sites excluding steroid dienone is 2. The van der Waals surface area contributed by atoms with Gasteiger partial charge in [-0.25, -0.2) is 4.79 Å². The number of benzene rings is 1. The maximum Gasteiger partial charge on any atom is 0.341 e. The van der Waals surface area contributed by atoms with Crippen LogP contribution in [0.4, 0.5) is 5.00 Å². The summed E-state index contributed by atoms with van der Waals surface area (Å²) in [6.07, 6.45) is 0.733. The van der Waals surface area contributed by atoms with E-state index in [-0.39, 0.29) is 5.91 Å². The summed E-state index contributed by atoms with van der Waals surface area (Å²) in [7, 11) is 1.31. The summed E-state index contributed by atoms with van der Waals surface area (Å²) in [5.41, 5.74) is 6.19. The van der Waals surface area contributed by atoms with Crippen LogP contribution in [0, 0.1) is 32.6 Å². The summed E-state index contributed by atoms with van der Waals surface area (Å²) >= 11 is 1.30. The highest BCUT2D eigenvalue weighted by Crippen LogP contribution is 2.42. The van der Waals surface area contributed by atoms with Crippen molar-refractivity contribution in [2.24, 2.45) is 11.8 Å². The third kappa shape index (κ3) is 4.48. The van der Waals surface area contributed by atoms with Crippen molar-refractivity contribution in [3.63, 3.8) is 0 Å². The number of carbonyl (C=O) groups excluding carboxylic acids is 2. The van der Waals surface area contributed by atoms with E-state index >= 15 is 0 Å². The van der Waals surface area contributed by atoms with E-state index in [0.717, 1.165) is 38.3 Å². The van der Waals surface area contributed by atoms with E-state index in [1.807, 2.05) is 52.8 Å². The number of rotatable bonds is 5. The first-order chi connectivity index (χ1) is 15.0. The molecule has 1 amide bonds. The molecule has 0 saturated heterocycles. The summed E-state index contributed by atoms with van der Waals surface area (Å²) < 4.78 is 5.04. The number of nitrogens with one attached hydrogen (secondary N) is 1. The smallest absolute Gasteiger partial charge is 0.341 e. The van der Waals surface area contributed by atoms with Crippen LogP contribution in [0.2, 0.25) is 0 Å². The van der Waals surface area contributed by atoms with Gasteiger partial charge in [-0.05, 0) is 64.2 Å². The first-order valence-corrected chi connectivity index (χ1v) is 11.3. The molecule has 2 atom stereocenters. The minimum atomic E-state index is -0.983. The van der Waals surface area contributed by atoms with Crippen LogP contribution < -0.4 is 5.32 Å². The van der Waals surface area contributed by atoms with Gasteiger partial charge in [0.15, 0.2) is 0 Å². The molecule has 32 heavy (non-hydrogen) atoms. The molecule has 6 nitrogen and oxygen atoms in total. The van der Waals surface area contributed by atoms with Crippen LogP contribution in [-0.2, 0) is 14.3 Å². The monoisotopic (exact) mass is 455 g/mol. The van der Waals surface area contributed by atoms with Crippen molar-refractivity contribution >= 4 is 34.2 Å². The maximum absolute atomic E-state index is 13.2. The molecule has 1 aliphatic rings. The molecule has 0 fully saturated rings. The van der Waals surface area contributed by atoms with Crippen molar-refractivity contribution in [3.8, 4) is 11.1 Å². The largest absolute Gasteiger partial charge is 0.481 e. The lowest BCUT2D eigenvalue weighted by Crippen LogP contribution is -2.36. The molecule has 3 rings (SSSR count). The molecule has 2 N–H and O–H groups in total. The number of methoxy groups -OCH3 is 1. The molecule has 1 aromatic heterocycles. The molecule has 0 spiro atoms. The molecule has 0 radical (unpaired) electrons. The topological polar surface area (TPSA) is 92.7 Å². The Labute approximate surface area is 192 Å². The molecule has 1 aliphatic carbocycles. The Morgan fingerprint density at radius 1 is 1.00 bits per heavy atom. The van der Waals surface area contributed by atoms with Crippen molar-refractivity contribution in [1.29, 1.82) is 0 Å². The zero-order valence-electron chi connectivity index (χ0n) is 19.3. The van der Waals surface area contributed by atoms with E-state index in [1.165, 1.54) is 18.4 Å². The van der Waals surface area contributed by atoms with Gasteiger partial charge in [-0.1, -0.05) is 29.3 Å². The predicted octanol–water partition coefficient (Wildman–Crippen LogP) is 5.51. The number of thiophene rings is 1. The van der Waals surface area contributed by atoms with Crippen molar-refractivity contribution < 1.29 is 24.2 Å². The number of hydrogen-bond acceptors (Lipinski definition) is 5. The van der Waals surface area contributed by atoms with Gasteiger partial charge < -0.3 is 15.2 Å². The maximum atomic E-state index is 13.2. The SMILES string of the molecule is COC(=O)c1c(NC(=O)[C@H]2CC(C)=C(C)C[C@@H]2C(=O)O)sc(C)c1-c1ccc(C)c(C)c1. The van der Waals surface area contributed by atoms with Crippen LogP contribution in [0.3, 0.4) is 0 Å². The minimum Gasteiger partial charge on any atom is -0.481 e. The number of esters is 1. The number of ether oxygens (including phenoxy) is 1. The fourth-order valence-electron chi connectivity index (χ4n) is 4.21. The first-order valence-electron chi connectivity index (χ1n) is 10.5. The molecule has 7 heteroatoms. The number of hydrogen-bond donors (Lipinski definition) is 2. The second-order valence-electron chi connectivity index (χ2n) is 8.54. The zero-order chi connectivity index (χ0) is 23.7. The Bertz CT molecular complexity index is 1130. The van der Waals surface area contributed by atoms with Gasteiger partial charge in [0.05, 0.1) is 18.9 Å². The second-order valence-corrected chi connectivity index (χ2v) is 9.76. The van der Waals surface area contributed by atoms with Crippen LogP contribution >= 0.6 is 11.3 Å². The van der Waals surface area contributed by atoms with Crippen LogP contribution in [0.5, 0.6) is 0 Å². The van der Waals surface area contributed by atoms with Gasteiger partial charge in [0.25, 0.3) is 0 Å². The highest BCUT2D eigenvalue weighted by atomic mass is 32.1. The number of anilines is 1. The third-order valence-corrected chi connectivity index (χ3v) is 7.45. The number of aryl methyl sites for hydroxylation is 3. The lowest BCUT2D eigenvalue weighted by molar-refractivity contribution is -0.146. The molecular formula is C25H29NO5S.